The Kier molecular flexibility index (Phi) is 4.45. The molecule has 0 saturated carbocycles. The van der Waals surface area contributed by atoms with E-state index in [0.29, 0.717) is 6.54 Å². The van der Waals surface area contributed by atoms with Crippen molar-refractivity contribution in [3.05, 3.63) is 52.5 Å². The molecule has 2 aromatic carbocycles. The lowest BCUT2D eigenvalue weighted by Gasteiger charge is -2.20. The summed E-state index contributed by atoms with van der Waals surface area (Å²) in [7, 11) is 3.70. The summed E-state index contributed by atoms with van der Waals surface area (Å²) in [6.45, 7) is 0.535. The van der Waals surface area contributed by atoms with Gasteiger partial charge in [-0.15, -0.1) is 0 Å². The summed E-state index contributed by atoms with van der Waals surface area (Å²) in [5.41, 5.74) is 8.98. The summed E-state index contributed by atoms with van der Waals surface area (Å²) < 4.78 is 6.20. The van der Waals surface area contributed by atoms with Crippen molar-refractivity contribution in [2.24, 2.45) is 5.73 Å². The zero-order chi connectivity index (χ0) is 13.8. The zero-order valence-corrected chi connectivity index (χ0v) is 12.6. The van der Waals surface area contributed by atoms with Crippen molar-refractivity contribution < 1.29 is 4.74 Å². The Morgan fingerprint density at radius 2 is 1.74 bits per heavy atom. The number of benzene rings is 2. The van der Waals surface area contributed by atoms with E-state index < -0.39 is 0 Å². The largest absolute Gasteiger partial charge is 0.497 e. The molecule has 0 aliphatic carbocycles. The molecule has 0 saturated heterocycles. The number of halogens is 1. The molecule has 0 radical (unpaired) electrons. The van der Waals surface area contributed by atoms with Gasteiger partial charge in [-0.2, -0.15) is 0 Å². The molecular weight excluding hydrogens is 304 g/mol. The van der Waals surface area contributed by atoms with Crippen LogP contribution >= 0.6 is 15.9 Å². The first-order chi connectivity index (χ1) is 9.15. The number of ether oxygens (including phenoxy) is 1. The highest BCUT2D eigenvalue weighted by atomic mass is 79.9. The van der Waals surface area contributed by atoms with E-state index in [2.05, 4.69) is 33.0 Å². The summed E-state index contributed by atoms with van der Waals surface area (Å²) in [5, 5.41) is 0. The molecule has 2 N–H and O–H groups in total. The topological polar surface area (TPSA) is 38.5 Å². The fourth-order valence-corrected chi connectivity index (χ4v) is 2.39. The highest BCUT2D eigenvalue weighted by Gasteiger charge is 2.06. The van der Waals surface area contributed by atoms with Crippen molar-refractivity contribution in [1.29, 1.82) is 0 Å². The van der Waals surface area contributed by atoms with E-state index in [4.69, 9.17) is 10.5 Å². The van der Waals surface area contributed by atoms with Crippen LogP contribution in [0, 0.1) is 0 Å². The smallest absolute Gasteiger partial charge is 0.119 e. The Labute approximate surface area is 122 Å². The zero-order valence-electron chi connectivity index (χ0n) is 11.1. The number of methoxy groups -OCH3 is 1. The standard InChI is InChI=1S/C15H17BrN2O/c1-18(12-5-7-14(19-2)8-6-12)13-4-3-11(10-17)15(16)9-13/h3-9H,10,17H2,1-2H3. The van der Waals surface area contributed by atoms with Gasteiger partial charge in [-0.1, -0.05) is 22.0 Å². The van der Waals surface area contributed by atoms with E-state index in [1.54, 1.807) is 7.11 Å². The summed E-state index contributed by atoms with van der Waals surface area (Å²) in [6.07, 6.45) is 0. The molecule has 0 aliphatic heterocycles. The highest BCUT2D eigenvalue weighted by Crippen LogP contribution is 2.29. The Hall–Kier alpha value is -1.52. The van der Waals surface area contributed by atoms with Gasteiger partial charge < -0.3 is 15.4 Å². The van der Waals surface area contributed by atoms with E-state index in [-0.39, 0.29) is 0 Å². The Morgan fingerprint density at radius 3 is 2.26 bits per heavy atom. The predicted molar refractivity (Wildman–Crippen MR) is 83.1 cm³/mol. The number of rotatable bonds is 4. The molecule has 0 aromatic heterocycles. The molecule has 19 heavy (non-hydrogen) atoms. The average molecular weight is 321 g/mol. The molecule has 0 bridgehead atoms. The molecule has 0 unspecified atom stereocenters. The second-order valence-electron chi connectivity index (χ2n) is 4.24. The van der Waals surface area contributed by atoms with Gasteiger partial charge in [0.1, 0.15) is 5.75 Å². The van der Waals surface area contributed by atoms with Crippen molar-refractivity contribution in [3.63, 3.8) is 0 Å². The number of anilines is 2. The molecule has 2 aromatic rings. The van der Waals surface area contributed by atoms with Crippen LogP contribution in [0.1, 0.15) is 5.56 Å². The quantitative estimate of drug-likeness (QED) is 0.933. The van der Waals surface area contributed by atoms with E-state index >= 15 is 0 Å². The third-order valence-corrected chi connectivity index (χ3v) is 3.84. The van der Waals surface area contributed by atoms with Crippen molar-refractivity contribution in [2.45, 2.75) is 6.54 Å². The van der Waals surface area contributed by atoms with Gasteiger partial charge in [-0.05, 0) is 42.0 Å². The van der Waals surface area contributed by atoms with Crippen LogP contribution in [-0.4, -0.2) is 14.2 Å². The lowest BCUT2D eigenvalue weighted by atomic mass is 10.2. The Balaban J connectivity index is 2.27. The van der Waals surface area contributed by atoms with Gasteiger partial charge in [-0.25, -0.2) is 0 Å². The molecule has 100 valence electrons. The minimum Gasteiger partial charge on any atom is -0.497 e. The normalized spacial score (nSPS) is 10.3. The van der Waals surface area contributed by atoms with Crippen LogP contribution in [-0.2, 0) is 6.54 Å². The summed E-state index contributed by atoms with van der Waals surface area (Å²) >= 11 is 3.54. The fourth-order valence-electron chi connectivity index (χ4n) is 1.87. The van der Waals surface area contributed by atoms with E-state index in [0.717, 1.165) is 27.2 Å². The van der Waals surface area contributed by atoms with Crippen LogP contribution in [0.15, 0.2) is 46.9 Å². The SMILES string of the molecule is COc1ccc(N(C)c2ccc(CN)c(Br)c2)cc1. The van der Waals surface area contributed by atoms with E-state index in [1.165, 1.54) is 0 Å². The number of nitrogens with two attached hydrogens (primary N) is 1. The monoisotopic (exact) mass is 320 g/mol. The third kappa shape index (κ3) is 3.08. The van der Waals surface area contributed by atoms with Crippen LogP contribution < -0.4 is 15.4 Å². The van der Waals surface area contributed by atoms with Crippen molar-refractivity contribution in [2.75, 3.05) is 19.1 Å². The number of hydrogen-bond acceptors (Lipinski definition) is 3. The molecule has 0 aliphatic rings. The van der Waals surface area contributed by atoms with Gasteiger partial charge in [0.15, 0.2) is 0 Å². The lowest BCUT2D eigenvalue weighted by molar-refractivity contribution is 0.415. The van der Waals surface area contributed by atoms with Crippen molar-refractivity contribution in [3.8, 4) is 5.75 Å². The van der Waals surface area contributed by atoms with Crippen molar-refractivity contribution in [1.82, 2.24) is 0 Å². The summed E-state index contributed by atoms with van der Waals surface area (Å²) in [6, 6.07) is 14.2. The summed E-state index contributed by atoms with van der Waals surface area (Å²) in [5.74, 6) is 0.858. The molecule has 0 heterocycles. The third-order valence-electron chi connectivity index (χ3n) is 3.10. The Morgan fingerprint density at radius 1 is 1.11 bits per heavy atom. The number of nitrogens with zero attached hydrogens (tertiary/aromatic N) is 1. The molecule has 0 fully saturated rings. The number of hydrogen-bond donors (Lipinski definition) is 1. The van der Waals surface area contributed by atoms with Crippen LogP contribution in [0.3, 0.4) is 0 Å². The van der Waals surface area contributed by atoms with Gasteiger partial charge in [-0.3, -0.25) is 0 Å². The van der Waals surface area contributed by atoms with Crippen LogP contribution in [0.25, 0.3) is 0 Å². The maximum absolute atomic E-state index is 5.66. The highest BCUT2D eigenvalue weighted by molar-refractivity contribution is 9.10. The molecule has 3 nitrogen and oxygen atoms in total. The van der Waals surface area contributed by atoms with Gasteiger partial charge in [0.05, 0.1) is 7.11 Å². The second-order valence-corrected chi connectivity index (χ2v) is 5.09. The van der Waals surface area contributed by atoms with E-state index in [9.17, 15) is 0 Å². The average Bonchev–Trinajstić information content (AvgIpc) is 2.46. The molecular formula is C15H17BrN2O. The fraction of sp³-hybridized carbons (Fsp3) is 0.200. The first-order valence-corrected chi connectivity index (χ1v) is 6.81. The minimum absolute atomic E-state index is 0.535. The van der Waals surface area contributed by atoms with E-state index in [1.807, 2.05) is 37.4 Å². The van der Waals surface area contributed by atoms with Gasteiger partial charge in [0.2, 0.25) is 0 Å². The molecule has 0 spiro atoms. The predicted octanol–water partition coefficient (Wildman–Crippen LogP) is 3.68. The molecule has 0 atom stereocenters. The lowest BCUT2D eigenvalue weighted by Crippen LogP contribution is -2.09. The first-order valence-electron chi connectivity index (χ1n) is 6.02. The van der Waals surface area contributed by atoms with Gasteiger partial charge in [0, 0.05) is 29.4 Å². The van der Waals surface area contributed by atoms with Crippen LogP contribution in [0.5, 0.6) is 5.75 Å². The maximum Gasteiger partial charge on any atom is 0.119 e. The van der Waals surface area contributed by atoms with Gasteiger partial charge >= 0.3 is 0 Å². The molecule has 0 amide bonds. The van der Waals surface area contributed by atoms with Crippen LogP contribution in [0.4, 0.5) is 11.4 Å². The van der Waals surface area contributed by atoms with Gasteiger partial charge in [0.25, 0.3) is 0 Å². The Bertz CT molecular complexity index is 555. The minimum atomic E-state index is 0.535. The molecule has 4 heteroatoms. The van der Waals surface area contributed by atoms with Crippen LogP contribution in [0.2, 0.25) is 0 Å². The summed E-state index contributed by atoms with van der Waals surface area (Å²) in [4.78, 5) is 2.12. The molecule has 2 rings (SSSR count). The maximum atomic E-state index is 5.66. The second kappa shape index (κ2) is 6.08. The van der Waals surface area contributed by atoms with Crippen molar-refractivity contribution >= 4 is 27.3 Å². The first kappa shape index (κ1) is 13.9.